The Morgan fingerprint density at radius 1 is 1.38 bits per heavy atom. The fourth-order valence-electron chi connectivity index (χ4n) is 2.77. The minimum absolute atomic E-state index is 0.0278. The molecule has 5 nitrogen and oxygen atoms in total. The summed E-state index contributed by atoms with van der Waals surface area (Å²) in [6.45, 7) is 0.191. The third kappa shape index (κ3) is 3.79. The van der Waals surface area contributed by atoms with Crippen LogP contribution in [0.5, 0.6) is 0 Å². The van der Waals surface area contributed by atoms with E-state index in [1.54, 1.807) is 0 Å². The van der Waals surface area contributed by atoms with Gasteiger partial charge < -0.3 is 14.6 Å². The fourth-order valence-corrected chi connectivity index (χ4v) is 2.77. The van der Waals surface area contributed by atoms with Crippen molar-refractivity contribution in [2.75, 3.05) is 19.7 Å². The molecule has 1 aromatic heterocycles. The molecular weight excluding hydrogens is 316 g/mol. The molecule has 128 valence electrons. The van der Waals surface area contributed by atoms with Crippen LogP contribution in [-0.2, 0) is 11.3 Å². The fraction of sp³-hybridized carbons (Fsp3) is 0.412. The van der Waals surface area contributed by atoms with Crippen molar-refractivity contribution in [3.63, 3.8) is 0 Å². The lowest BCUT2D eigenvalue weighted by Crippen LogP contribution is -2.50. The first kappa shape index (κ1) is 16.6. The van der Waals surface area contributed by atoms with Gasteiger partial charge in [0, 0.05) is 19.5 Å². The smallest absolute Gasteiger partial charge is 0.271 e. The predicted molar refractivity (Wildman–Crippen MR) is 83.6 cm³/mol. The zero-order valence-electron chi connectivity index (χ0n) is 13.1. The van der Waals surface area contributed by atoms with Gasteiger partial charge in [-0.1, -0.05) is 30.3 Å². The molecule has 24 heavy (non-hydrogen) atoms. The Hall–Kier alpha value is -2.28. The molecule has 1 aromatic carbocycles. The molecule has 3 rings (SSSR count). The largest absolute Gasteiger partial charge is 0.376 e. The molecule has 1 unspecified atom stereocenters. The Kier molecular flexibility index (Phi) is 4.89. The minimum Gasteiger partial charge on any atom is -0.376 e. The van der Waals surface area contributed by atoms with E-state index in [1.165, 1.54) is 17.4 Å². The van der Waals surface area contributed by atoms with Crippen molar-refractivity contribution >= 4 is 5.91 Å². The molecule has 1 aliphatic heterocycles. The third-order valence-electron chi connectivity index (χ3n) is 4.20. The number of imidazole rings is 1. The Morgan fingerprint density at radius 2 is 2.17 bits per heavy atom. The molecule has 1 N–H and O–H groups in total. The number of halogens is 2. The highest BCUT2D eigenvalue weighted by molar-refractivity contribution is 5.92. The summed E-state index contributed by atoms with van der Waals surface area (Å²) in [5, 5.41) is 0. The van der Waals surface area contributed by atoms with E-state index in [-0.39, 0.29) is 38.6 Å². The molecule has 1 amide bonds. The van der Waals surface area contributed by atoms with Gasteiger partial charge in [0.15, 0.2) is 0 Å². The Bertz CT molecular complexity index is 662. The van der Waals surface area contributed by atoms with Gasteiger partial charge in [0.2, 0.25) is 0 Å². The van der Waals surface area contributed by atoms with E-state index >= 15 is 0 Å². The van der Waals surface area contributed by atoms with E-state index in [1.807, 2.05) is 30.3 Å². The van der Waals surface area contributed by atoms with Crippen LogP contribution in [-0.4, -0.2) is 46.4 Å². The van der Waals surface area contributed by atoms with E-state index in [9.17, 15) is 13.6 Å². The molecule has 1 aliphatic rings. The molecule has 0 bridgehead atoms. The summed E-state index contributed by atoms with van der Waals surface area (Å²) in [4.78, 5) is 20.2. The summed E-state index contributed by atoms with van der Waals surface area (Å²) in [7, 11) is 0. The van der Waals surface area contributed by atoms with E-state index < -0.39 is 11.8 Å². The van der Waals surface area contributed by atoms with Gasteiger partial charge in [0.1, 0.15) is 5.69 Å². The number of rotatable bonds is 5. The van der Waals surface area contributed by atoms with Crippen molar-refractivity contribution in [1.29, 1.82) is 0 Å². The van der Waals surface area contributed by atoms with Crippen LogP contribution in [0.15, 0.2) is 42.9 Å². The maximum atomic E-state index is 14.1. The van der Waals surface area contributed by atoms with E-state index in [0.29, 0.717) is 5.69 Å². The molecule has 0 spiro atoms. The molecule has 1 saturated heterocycles. The molecule has 0 aliphatic carbocycles. The number of nitrogens with zero attached hydrogens (tertiary/aromatic N) is 2. The average Bonchev–Trinajstić information content (AvgIpc) is 3.11. The Labute approximate surface area is 138 Å². The molecule has 1 fully saturated rings. The summed E-state index contributed by atoms with van der Waals surface area (Å²) in [5.41, 5.74) is 1.24. The van der Waals surface area contributed by atoms with Gasteiger partial charge in [-0.2, -0.15) is 0 Å². The molecule has 2 aromatic rings. The number of ether oxygens (including phenoxy) is 1. The van der Waals surface area contributed by atoms with Gasteiger partial charge in [-0.15, -0.1) is 0 Å². The second kappa shape index (κ2) is 7.09. The topological polar surface area (TPSA) is 58.2 Å². The Morgan fingerprint density at radius 3 is 2.88 bits per heavy atom. The average molecular weight is 335 g/mol. The number of carbonyl (C=O) groups excluding carboxylic acids is 1. The quantitative estimate of drug-likeness (QED) is 0.914. The number of benzene rings is 1. The summed E-state index contributed by atoms with van der Waals surface area (Å²) < 4.78 is 33.7. The lowest BCUT2D eigenvalue weighted by Gasteiger charge is -2.38. The first-order valence-corrected chi connectivity index (χ1v) is 7.83. The lowest BCUT2D eigenvalue weighted by molar-refractivity contribution is -0.124. The zero-order valence-corrected chi connectivity index (χ0v) is 13.1. The maximum absolute atomic E-state index is 14.1. The Balaban J connectivity index is 1.58. The molecule has 7 heteroatoms. The molecule has 0 radical (unpaired) electrons. The number of alkyl halides is 2. The number of hydrogen-bond donors (Lipinski definition) is 1. The van der Waals surface area contributed by atoms with Gasteiger partial charge in [0.05, 0.1) is 31.7 Å². The molecule has 0 saturated carbocycles. The first-order chi connectivity index (χ1) is 11.6. The zero-order chi connectivity index (χ0) is 17.0. The number of aromatic amines is 1. The van der Waals surface area contributed by atoms with Crippen LogP contribution in [0.1, 0.15) is 22.5 Å². The number of hydrogen-bond acceptors (Lipinski definition) is 3. The predicted octanol–water partition coefficient (Wildman–Crippen LogP) is 2.72. The maximum Gasteiger partial charge on any atom is 0.271 e. The summed E-state index contributed by atoms with van der Waals surface area (Å²) in [6.07, 6.45) is 2.44. The van der Waals surface area contributed by atoms with Crippen LogP contribution in [0, 0.1) is 5.92 Å². The standard InChI is InChI=1S/C17H19F2N3O2/c18-17(19)6-7-22(16(23)15-8-20-12-21-15)9-14(17)11-24-10-13-4-2-1-3-5-13/h1-5,8,12,14H,6-7,9-11H2,(H,20,21). The van der Waals surface area contributed by atoms with Crippen molar-refractivity contribution < 1.29 is 18.3 Å². The highest BCUT2D eigenvalue weighted by Crippen LogP contribution is 2.34. The van der Waals surface area contributed by atoms with Crippen molar-refractivity contribution in [3.8, 4) is 0 Å². The van der Waals surface area contributed by atoms with Gasteiger partial charge in [-0.05, 0) is 5.56 Å². The lowest BCUT2D eigenvalue weighted by atomic mass is 9.94. The first-order valence-electron chi connectivity index (χ1n) is 7.83. The van der Waals surface area contributed by atoms with E-state index in [4.69, 9.17) is 4.74 Å². The summed E-state index contributed by atoms with van der Waals surface area (Å²) in [5.74, 6) is -4.15. The summed E-state index contributed by atoms with van der Waals surface area (Å²) in [6, 6.07) is 9.40. The highest BCUT2D eigenvalue weighted by atomic mass is 19.3. The number of nitrogens with one attached hydrogen (secondary N) is 1. The van der Waals surface area contributed by atoms with Crippen LogP contribution in [0.2, 0.25) is 0 Å². The van der Waals surface area contributed by atoms with E-state index in [2.05, 4.69) is 9.97 Å². The normalized spacial score (nSPS) is 20.1. The van der Waals surface area contributed by atoms with Gasteiger partial charge in [0.25, 0.3) is 11.8 Å². The van der Waals surface area contributed by atoms with Gasteiger partial charge in [-0.25, -0.2) is 13.8 Å². The van der Waals surface area contributed by atoms with E-state index in [0.717, 1.165) is 5.56 Å². The number of amides is 1. The molecule has 2 heterocycles. The second-order valence-electron chi connectivity index (χ2n) is 5.93. The van der Waals surface area contributed by atoms with Crippen molar-refractivity contribution in [2.24, 2.45) is 5.92 Å². The van der Waals surface area contributed by atoms with Crippen molar-refractivity contribution in [2.45, 2.75) is 19.0 Å². The number of likely N-dealkylation sites (tertiary alicyclic amines) is 1. The van der Waals surface area contributed by atoms with Crippen LogP contribution in [0.25, 0.3) is 0 Å². The summed E-state index contributed by atoms with van der Waals surface area (Å²) >= 11 is 0. The SMILES string of the molecule is O=C(c1cnc[nH]1)N1CCC(F)(F)C(COCc2ccccc2)C1. The number of carbonyl (C=O) groups is 1. The van der Waals surface area contributed by atoms with Crippen LogP contribution in [0.4, 0.5) is 8.78 Å². The van der Waals surface area contributed by atoms with Crippen molar-refractivity contribution in [1.82, 2.24) is 14.9 Å². The molecule has 1 atom stereocenters. The second-order valence-corrected chi connectivity index (χ2v) is 5.93. The number of H-pyrrole nitrogens is 1. The number of aromatic nitrogens is 2. The highest BCUT2D eigenvalue weighted by Gasteiger charge is 2.45. The van der Waals surface area contributed by atoms with Crippen LogP contribution >= 0.6 is 0 Å². The third-order valence-corrected chi connectivity index (χ3v) is 4.20. The minimum atomic E-state index is -2.83. The van der Waals surface area contributed by atoms with Gasteiger partial charge in [-0.3, -0.25) is 4.79 Å². The van der Waals surface area contributed by atoms with Crippen LogP contribution < -0.4 is 0 Å². The molecular formula is C17H19F2N3O2. The van der Waals surface area contributed by atoms with Crippen LogP contribution in [0.3, 0.4) is 0 Å². The monoisotopic (exact) mass is 335 g/mol. The van der Waals surface area contributed by atoms with Gasteiger partial charge >= 0.3 is 0 Å². The number of piperidine rings is 1. The van der Waals surface area contributed by atoms with Crippen molar-refractivity contribution in [3.05, 3.63) is 54.1 Å².